The molecular formula is C17H22N4O2. The normalized spacial score (nSPS) is 10.5. The molecule has 0 atom stereocenters. The van der Waals surface area contributed by atoms with E-state index in [0.29, 0.717) is 29.2 Å². The van der Waals surface area contributed by atoms with Gasteiger partial charge < -0.3 is 10.6 Å². The van der Waals surface area contributed by atoms with Crippen LogP contribution in [0.2, 0.25) is 0 Å². The number of aryl methyl sites for hydroxylation is 3. The predicted molar refractivity (Wildman–Crippen MR) is 90.8 cm³/mol. The van der Waals surface area contributed by atoms with E-state index in [1.54, 1.807) is 10.7 Å². The van der Waals surface area contributed by atoms with Crippen LogP contribution >= 0.6 is 0 Å². The van der Waals surface area contributed by atoms with Crippen molar-refractivity contribution in [1.29, 1.82) is 0 Å². The van der Waals surface area contributed by atoms with Gasteiger partial charge in [-0.15, -0.1) is 0 Å². The Morgan fingerprint density at radius 2 is 1.83 bits per heavy atom. The number of carbonyl (C=O) groups excluding carboxylic acids is 2. The van der Waals surface area contributed by atoms with E-state index in [-0.39, 0.29) is 11.8 Å². The summed E-state index contributed by atoms with van der Waals surface area (Å²) in [4.78, 5) is 24.0. The van der Waals surface area contributed by atoms with E-state index in [2.05, 4.69) is 15.7 Å². The third kappa shape index (κ3) is 3.59. The number of carbonyl (C=O) groups is 2. The van der Waals surface area contributed by atoms with Crippen LogP contribution < -0.4 is 10.6 Å². The van der Waals surface area contributed by atoms with Crippen LogP contribution in [-0.2, 0) is 11.3 Å². The number of benzene rings is 1. The summed E-state index contributed by atoms with van der Waals surface area (Å²) in [5.41, 5.74) is 4.24. The Kier molecular flexibility index (Phi) is 4.83. The van der Waals surface area contributed by atoms with Crippen molar-refractivity contribution in [3.63, 3.8) is 0 Å². The first-order chi connectivity index (χ1) is 10.8. The molecule has 0 aliphatic heterocycles. The lowest BCUT2D eigenvalue weighted by molar-refractivity contribution is -0.114. The molecule has 0 spiro atoms. The Morgan fingerprint density at radius 3 is 2.39 bits per heavy atom. The van der Waals surface area contributed by atoms with Crippen LogP contribution in [0.4, 0.5) is 11.4 Å². The number of amides is 2. The number of aromatic nitrogens is 2. The summed E-state index contributed by atoms with van der Waals surface area (Å²) in [7, 11) is 0. The van der Waals surface area contributed by atoms with Gasteiger partial charge in [-0.2, -0.15) is 5.10 Å². The van der Waals surface area contributed by atoms with Crippen molar-refractivity contribution in [2.75, 3.05) is 10.6 Å². The molecule has 0 saturated carbocycles. The molecular weight excluding hydrogens is 292 g/mol. The number of nitrogens with zero attached hydrogens (tertiary/aromatic N) is 2. The summed E-state index contributed by atoms with van der Waals surface area (Å²) in [6.07, 6.45) is 0. The molecule has 2 aromatic rings. The number of anilines is 2. The summed E-state index contributed by atoms with van der Waals surface area (Å²) in [6, 6.07) is 5.49. The van der Waals surface area contributed by atoms with Gasteiger partial charge in [-0.05, 0) is 45.4 Å². The summed E-state index contributed by atoms with van der Waals surface area (Å²) in [6.45, 7) is 9.75. The molecule has 0 fully saturated rings. The van der Waals surface area contributed by atoms with Crippen LogP contribution in [-0.4, -0.2) is 21.6 Å². The maximum absolute atomic E-state index is 12.7. The molecule has 1 aromatic carbocycles. The Morgan fingerprint density at radius 1 is 1.13 bits per heavy atom. The van der Waals surface area contributed by atoms with Gasteiger partial charge in [-0.1, -0.05) is 6.07 Å². The van der Waals surface area contributed by atoms with E-state index in [0.717, 1.165) is 11.3 Å². The topological polar surface area (TPSA) is 76.0 Å². The molecule has 122 valence electrons. The maximum Gasteiger partial charge on any atom is 0.259 e. The first-order valence-electron chi connectivity index (χ1n) is 7.57. The quantitative estimate of drug-likeness (QED) is 0.910. The van der Waals surface area contributed by atoms with E-state index in [9.17, 15) is 9.59 Å². The lowest BCUT2D eigenvalue weighted by atomic mass is 10.1. The number of hydrogen-bond acceptors (Lipinski definition) is 3. The zero-order valence-corrected chi connectivity index (χ0v) is 14.2. The van der Waals surface area contributed by atoms with Gasteiger partial charge in [0.15, 0.2) is 0 Å². The fourth-order valence-corrected chi connectivity index (χ4v) is 2.58. The molecule has 23 heavy (non-hydrogen) atoms. The van der Waals surface area contributed by atoms with Crippen molar-refractivity contribution in [3.05, 3.63) is 40.7 Å². The van der Waals surface area contributed by atoms with Gasteiger partial charge in [0.2, 0.25) is 5.91 Å². The fraction of sp³-hybridized carbons (Fsp3) is 0.353. The van der Waals surface area contributed by atoms with Gasteiger partial charge >= 0.3 is 0 Å². The number of hydrogen-bond donors (Lipinski definition) is 2. The largest absolute Gasteiger partial charge is 0.325 e. The van der Waals surface area contributed by atoms with E-state index < -0.39 is 0 Å². The van der Waals surface area contributed by atoms with Gasteiger partial charge in [0.1, 0.15) is 0 Å². The van der Waals surface area contributed by atoms with Crippen molar-refractivity contribution in [2.45, 2.75) is 41.2 Å². The van der Waals surface area contributed by atoms with E-state index in [1.807, 2.05) is 39.8 Å². The Bertz CT molecular complexity index is 762. The first kappa shape index (κ1) is 16.7. The van der Waals surface area contributed by atoms with Crippen molar-refractivity contribution in [3.8, 4) is 0 Å². The van der Waals surface area contributed by atoms with Crippen LogP contribution in [0.25, 0.3) is 0 Å². The Balaban J connectivity index is 2.35. The number of nitrogens with one attached hydrogen (secondary N) is 2. The fourth-order valence-electron chi connectivity index (χ4n) is 2.58. The molecule has 0 saturated heterocycles. The summed E-state index contributed by atoms with van der Waals surface area (Å²) in [5, 5.41) is 9.98. The molecule has 2 N–H and O–H groups in total. The molecule has 1 aromatic heterocycles. The lowest BCUT2D eigenvalue weighted by Gasteiger charge is -2.12. The highest BCUT2D eigenvalue weighted by atomic mass is 16.2. The van der Waals surface area contributed by atoms with Crippen LogP contribution in [0.1, 0.15) is 41.2 Å². The van der Waals surface area contributed by atoms with Gasteiger partial charge in [-0.25, -0.2) is 0 Å². The lowest BCUT2D eigenvalue weighted by Crippen LogP contribution is -2.17. The van der Waals surface area contributed by atoms with Gasteiger partial charge in [0.25, 0.3) is 5.91 Å². The molecule has 0 unspecified atom stereocenters. The van der Waals surface area contributed by atoms with Crippen molar-refractivity contribution < 1.29 is 9.59 Å². The summed E-state index contributed by atoms with van der Waals surface area (Å²) < 4.78 is 1.80. The SMILES string of the molecule is CCn1nc(C)c(C(=O)Nc2cc(C)ccc2NC(C)=O)c1C. The van der Waals surface area contributed by atoms with E-state index in [4.69, 9.17) is 0 Å². The minimum atomic E-state index is -0.225. The third-order valence-electron chi connectivity index (χ3n) is 3.64. The second-order valence-electron chi connectivity index (χ2n) is 5.55. The smallest absolute Gasteiger partial charge is 0.259 e. The predicted octanol–water partition coefficient (Wildman–Crippen LogP) is 3.04. The zero-order chi connectivity index (χ0) is 17.1. The van der Waals surface area contributed by atoms with Crippen molar-refractivity contribution >= 4 is 23.2 Å². The third-order valence-corrected chi connectivity index (χ3v) is 3.64. The molecule has 0 radical (unpaired) electrons. The molecule has 2 rings (SSSR count). The standard InChI is InChI=1S/C17H22N4O2/c1-6-21-12(4)16(11(3)20-21)17(23)19-15-9-10(2)7-8-14(15)18-13(5)22/h7-9H,6H2,1-5H3,(H,18,22)(H,19,23). The minimum Gasteiger partial charge on any atom is -0.325 e. The van der Waals surface area contributed by atoms with Crippen molar-refractivity contribution in [1.82, 2.24) is 9.78 Å². The zero-order valence-electron chi connectivity index (χ0n) is 14.2. The Hall–Kier alpha value is -2.63. The average Bonchev–Trinajstić information content (AvgIpc) is 2.75. The highest BCUT2D eigenvalue weighted by molar-refractivity contribution is 6.08. The molecule has 0 bridgehead atoms. The van der Waals surface area contributed by atoms with E-state index in [1.165, 1.54) is 6.92 Å². The van der Waals surface area contributed by atoms with E-state index >= 15 is 0 Å². The molecule has 2 amide bonds. The molecule has 6 nitrogen and oxygen atoms in total. The highest BCUT2D eigenvalue weighted by Gasteiger charge is 2.19. The van der Waals surface area contributed by atoms with Crippen LogP contribution in [0.5, 0.6) is 0 Å². The first-order valence-corrected chi connectivity index (χ1v) is 7.57. The molecule has 6 heteroatoms. The molecule has 0 aliphatic rings. The summed E-state index contributed by atoms with van der Waals surface area (Å²) >= 11 is 0. The number of rotatable bonds is 4. The average molecular weight is 314 g/mol. The Labute approximate surface area is 135 Å². The monoisotopic (exact) mass is 314 g/mol. The second-order valence-corrected chi connectivity index (χ2v) is 5.55. The van der Waals surface area contributed by atoms with Crippen LogP contribution in [0, 0.1) is 20.8 Å². The van der Waals surface area contributed by atoms with Gasteiger partial charge in [0, 0.05) is 19.2 Å². The summed E-state index contributed by atoms with van der Waals surface area (Å²) in [5.74, 6) is -0.410. The second kappa shape index (κ2) is 6.64. The minimum absolute atomic E-state index is 0.185. The molecule has 1 heterocycles. The highest BCUT2D eigenvalue weighted by Crippen LogP contribution is 2.25. The van der Waals surface area contributed by atoms with Crippen LogP contribution in [0.15, 0.2) is 18.2 Å². The van der Waals surface area contributed by atoms with Crippen molar-refractivity contribution in [2.24, 2.45) is 0 Å². The van der Waals surface area contributed by atoms with Gasteiger partial charge in [0.05, 0.1) is 22.6 Å². The van der Waals surface area contributed by atoms with Crippen LogP contribution in [0.3, 0.4) is 0 Å². The molecule has 0 aliphatic carbocycles. The van der Waals surface area contributed by atoms with Gasteiger partial charge in [-0.3, -0.25) is 14.3 Å². The maximum atomic E-state index is 12.7.